The van der Waals surface area contributed by atoms with E-state index in [1.807, 2.05) is 0 Å². The van der Waals surface area contributed by atoms with Gasteiger partial charge in [0.15, 0.2) is 0 Å². The van der Waals surface area contributed by atoms with Crippen molar-refractivity contribution >= 4 is 12.4 Å². The van der Waals surface area contributed by atoms with E-state index < -0.39 is 0 Å². The Bertz CT molecular complexity index is 570. The van der Waals surface area contributed by atoms with Gasteiger partial charge in [0.05, 0.1) is 5.92 Å². The molecule has 5 nitrogen and oxygen atoms in total. The number of nitrogens with zero attached hydrogens (tertiary/aromatic N) is 2. The highest BCUT2D eigenvalue weighted by Crippen LogP contribution is 2.29. The van der Waals surface area contributed by atoms with Crippen LogP contribution in [-0.2, 0) is 4.74 Å². The fraction of sp³-hybridized carbons (Fsp3) is 0.429. The molecular formula is C14H17ClFN3O2. The van der Waals surface area contributed by atoms with Gasteiger partial charge in [0.25, 0.3) is 0 Å². The smallest absolute Gasteiger partial charge is 0.235 e. The zero-order valence-corrected chi connectivity index (χ0v) is 12.2. The summed E-state index contributed by atoms with van der Waals surface area (Å²) in [5, 5.41) is 3.97. The van der Waals surface area contributed by atoms with E-state index in [1.165, 1.54) is 12.1 Å². The van der Waals surface area contributed by atoms with E-state index >= 15 is 0 Å². The summed E-state index contributed by atoms with van der Waals surface area (Å²) >= 11 is 0. The van der Waals surface area contributed by atoms with Crippen molar-refractivity contribution in [3.63, 3.8) is 0 Å². The Morgan fingerprint density at radius 2 is 2.10 bits per heavy atom. The molecule has 2 unspecified atom stereocenters. The Labute approximate surface area is 128 Å². The molecular weight excluding hydrogens is 297 g/mol. The highest BCUT2D eigenvalue weighted by atomic mass is 35.5. The van der Waals surface area contributed by atoms with Crippen LogP contribution in [0.5, 0.6) is 0 Å². The summed E-state index contributed by atoms with van der Waals surface area (Å²) in [5.74, 6) is 0.510. The number of halogens is 2. The van der Waals surface area contributed by atoms with Gasteiger partial charge in [-0.15, -0.1) is 12.4 Å². The van der Waals surface area contributed by atoms with Crippen LogP contribution in [0.1, 0.15) is 42.1 Å². The molecule has 1 aliphatic rings. The largest absolute Gasteiger partial charge is 0.370 e. The molecule has 114 valence electrons. The average molecular weight is 314 g/mol. The van der Waals surface area contributed by atoms with Crippen LogP contribution in [-0.4, -0.2) is 23.3 Å². The minimum absolute atomic E-state index is 0. The maximum atomic E-state index is 13.0. The van der Waals surface area contributed by atoms with Gasteiger partial charge in [-0.25, -0.2) is 4.39 Å². The summed E-state index contributed by atoms with van der Waals surface area (Å²) in [5.41, 5.74) is 6.64. The molecule has 2 aromatic rings. The monoisotopic (exact) mass is 313 g/mol. The normalized spacial score (nSPS) is 19.2. The number of ether oxygens (including phenoxy) is 1. The first-order chi connectivity index (χ1) is 9.78. The molecule has 2 heterocycles. The Morgan fingerprint density at radius 3 is 2.71 bits per heavy atom. The minimum Gasteiger partial charge on any atom is -0.370 e. The van der Waals surface area contributed by atoms with Gasteiger partial charge in [-0.1, -0.05) is 17.3 Å². The van der Waals surface area contributed by atoms with Gasteiger partial charge in [-0.2, -0.15) is 4.98 Å². The SMILES string of the molecule is Cl.NCC(c1ccc(F)cc1)c1nc(C2CCCO2)no1. The summed E-state index contributed by atoms with van der Waals surface area (Å²) in [6.45, 7) is 1.05. The van der Waals surface area contributed by atoms with E-state index in [0.29, 0.717) is 18.3 Å². The Hall–Kier alpha value is -1.50. The van der Waals surface area contributed by atoms with E-state index in [1.54, 1.807) is 12.1 Å². The predicted octanol–water partition coefficient (Wildman–Crippen LogP) is 2.57. The van der Waals surface area contributed by atoms with Gasteiger partial charge >= 0.3 is 0 Å². The molecule has 1 fully saturated rings. The molecule has 1 aromatic carbocycles. The fourth-order valence-electron chi connectivity index (χ4n) is 2.38. The zero-order chi connectivity index (χ0) is 13.9. The summed E-state index contributed by atoms with van der Waals surface area (Å²) in [7, 11) is 0. The van der Waals surface area contributed by atoms with Gasteiger partial charge in [-0.05, 0) is 30.5 Å². The van der Waals surface area contributed by atoms with Crippen LogP contribution in [0.2, 0.25) is 0 Å². The predicted molar refractivity (Wildman–Crippen MR) is 76.8 cm³/mol. The molecule has 0 spiro atoms. The molecule has 1 aromatic heterocycles. The lowest BCUT2D eigenvalue weighted by atomic mass is 9.99. The van der Waals surface area contributed by atoms with Crippen molar-refractivity contribution in [2.75, 3.05) is 13.2 Å². The van der Waals surface area contributed by atoms with Crippen molar-refractivity contribution in [2.45, 2.75) is 24.9 Å². The van der Waals surface area contributed by atoms with Crippen molar-refractivity contribution in [3.8, 4) is 0 Å². The molecule has 0 radical (unpaired) electrons. The summed E-state index contributed by atoms with van der Waals surface area (Å²) in [6, 6.07) is 6.16. The average Bonchev–Trinajstić information content (AvgIpc) is 3.12. The van der Waals surface area contributed by atoms with Crippen LogP contribution in [0.25, 0.3) is 0 Å². The van der Waals surface area contributed by atoms with Crippen LogP contribution in [0.4, 0.5) is 4.39 Å². The third-order valence-corrected chi connectivity index (χ3v) is 3.48. The van der Waals surface area contributed by atoms with Crippen molar-refractivity contribution in [1.29, 1.82) is 0 Å². The Morgan fingerprint density at radius 1 is 1.33 bits per heavy atom. The van der Waals surface area contributed by atoms with Crippen LogP contribution in [0.15, 0.2) is 28.8 Å². The first-order valence-corrected chi connectivity index (χ1v) is 6.68. The van der Waals surface area contributed by atoms with Gasteiger partial charge in [-0.3, -0.25) is 0 Å². The van der Waals surface area contributed by atoms with Gasteiger partial charge in [0.2, 0.25) is 11.7 Å². The molecule has 0 amide bonds. The van der Waals surface area contributed by atoms with E-state index in [2.05, 4.69) is 10.1 Å². The van der Waals surface area contributed by atoms with Gasteiger partial charge in [0, 0.05) is 13.2 Å². The Balaban J connectivity index is 0.00000161. The van der Waals surface area contributed by atoms with Gasteiger partial charge < -0.3 is 15.0 Å². The van der Waals surface area contributed by atoms with Crippen LogP contribution < -0.4 is 5.73 Å². The molecule has 1 aliphatic heterocycles. The fourth-order valence-corrected chi connectivity index (χ4v) is 2.38. The molecule has 1 saturated heterocycles. The number of hydrogen-bond donors (Lipinski definition) is 1. The standard InChI is InChI=1S/C14H16FN3O2.ClH/c15-10-5-3-9(4-6-10)11(8-16)14-17-13(18-20-14)12-2-1-7-19-12;/h3-6,11-12H,1-2,7-8,16H2;1H. The highest BCUT2D eigenvalue weighted by Gasteiger charge is 2.26. The van der Waals surface area contributed by atoms with E-state index in [4.69, 9.17) is 15.0 Å². The van der Waals surface area contributed by atoms with Crippen molar-refractivity contribution < 1.29 is 13.7 Å². The molecule has 3 rings (SSSR count). The lowest BCUT2D eigenvalue weighted by Crippen LogP contribution is -2.14. The molecule has 0 aliphatic carbocycles. The van der Waals surface area contributed by atoms with E-state index in [9.17, 15) is 4.39 Å². The molecule has 0 bridgehead atoms. The first kappa shape index (κ1) is 15.9. The summed E-state index contributed by atoms with van der Waals surface area (Å²) < 4.78 is 23.8. The molecule has 2 atom stereocenters. The van der Waals surface area contributed by atoms with Crippen molar-refractivity contribution in [2.24, 2.45) is 5.73 Å². The lowest BCUT2D eigenvalue weighted by molar-refractivity contribution is 0.103. The van der Waals surface area contributed by atoms with Crippen LogP contribution >= 0.6 is 12.4 Å². The second-order valence-corrected chi connectivity index (χ2v) is 4.83. The second kappa shape index (κ2) is 6.98. The van der Waals surface area contributed by atoms with Crippen molar-refractivity contribution in [1.82, 2.24) is 10.1 Å². The van der Waals surface area contributed by atoms with Gasteiger partial charge in [0.1, 0.15) is 11.9 Å². The molecule has 7 heteroatoms. The summed E-state index contributed by atoms with van der Waals surface area (Å²) in [6.07, 6.45) is 1.83. The third kappa shape index (κ3) is 3.40. The summed E-state index contributed by atoms with van der Waals surface area (Å²) in [4.78, 5) is 4.39. The second-order valence-electron chi connectivity index (χ2n) is 4.83. The lowest BCUT2D eigenvalue weighted by Gasteiger charge is -2.10. The maximum absolute atomic E-state index is 13.0. The first-order valence-electron chi connectivity index (χ1n) is 6.68. The molecule has 2 N–H and O–H groups in total. The number of nitrogens with two attached hydrogens (primary N) is 1. The zero-order valence-electron chi connectivity index (χ0n) is 11.4. The van der Waals surface area contributed by atoms with Crippen molar-refractivity contribution in [3.05, 3.63) is 47.4 Å². The Kier molecular flexibility index (Phi) is 5.27. The number of rotatable bonds is 4. The van der Waals surface area contributed by atoms with Crippen LogP contribution in [0.3, 0.4) is 0 Å². The molecule has 21 heavy (non-hydrogen) atoms. The van der Waals surface area contributed by atoms with E-state index in [0.717, 1.165) is 25.0 Å². The topological polar surface area (TPSA) is 74.2 Å². The third-order valence-electron chi connectivity index (χ3n) is 3.48. The number of hydrogen-bond acceptors (Lipinski definition) is 5. The quantitative estimate of drug-likeness (QED) is 0.939. The highest BCUT2D eigenvalue weighted by molar-refractivity contribution is 5.85. The van der Waals surface area contributed by atoms with Crippen LogP contribution in [0, 0.1) is 5.82 Å². The number of aromatic nitrogens is 2. The minimum atomic E-state index is -0.282. The maximum Gasteiger partial charge on any atom is 0.235 e. The van der Waals surface area contributed by atoms with E-state index in [-0.39, 0.29) is 30.2 Å². The number of benzene rings is 1. The molecule has 0 saturated carbocycles.